The van der Waals surface area contributed by atoms with Gasteiger partial charge in [-0.25, -0.2) is 15.0 Å². The Morgan fingerprint density at radius 2 is 1.00 bits per heavy atom. The number of nitrogens with zero attached hydrogens (tertiary/aromatic N) is 3. The molecule has 0 spiro atoms. The van der Waals surface area contributed by atoms with Crippen LogP contribution in [0.4, 0.5) is 0 Å². The first kappa shape index (κ1) is 31.6. The number of aromatic nitrogens is 3. The first-order valence-corrected chi connectivity index (χ1v) is 18.2. The largest absolute Gasteiger partial charge is 0.456 e. The van der Waals surface area contributed by atoms with Crippen LogP contribution in [0, 0.1) is 0 Å². The standard InChI is InChI=1S/C50H33N3O/c1-2-3-4-5-6-12-32-19-28-41-46(29-32)54-45-18-11-17-42(47(41)45)50-52-48(37-26-24-35-22-20-33-13-7-9-15-39(33)43(35)30-37)51-49(53-50)38-27-25-36-23-21-34-14-8-10-16-40(34)44(36)31-38/h2-31H,1H3/b3-2-,5-4-,12-6+. The molecule has 0 saturated heterocycles. The molecule has 10 rings (SSSR count). The maximum Gasteiger partial charge on any atom is 0.164 e. The molecule has 0 radical (unpaired) electrons. The third-order valence-corrected chi connectivity index (χ3v) is 10.2. The molecule has 2 heterocycles. The Morgan fingerprint density at radius 1 is 0.426 bits per heavy atom. The lowest BCUT2D eigenvalue weighted by molar-refractivity contribution is 0.669. The Balaban J connectivity index is 1.18. The summed E-state index contributed by atoms with van der Waals surface area (Å²) in [6, 6.07) is 51.2. The molecule has 4 nitrogen and oxygen atoms in total. The molecule has 0 aliphatic rings. The highest BCUT2D eigenvalue weighted by molar-refractivity contribution is 6.13. The van der Waals surface area contributed by atoms with E-state index in [4.69, 9.17) is 19.4 Å². The van der Waals surface area contributed by atoms with Crippen molar-refractivity contribution in [3.63, 3.8) is 0 Å². The molecule has 0 aliphatic carbocycles. The maximum atomic E-state index is 6.47. The van der Waals surface area contributed by atoms with Crippen LogP contribution in [0.25, 0.3) is 105 Å². The maximum absolute atomic E-state index is 6.47. The zero-order chi connectivity index (χ0) is 36.0. The van der Waals surface area contributed by atoms with Crippen LogP contribution >= 0.6 is 0 Å². The normalized spacial score (nSPS) is 12.3. The van der Waals surface area contributed by atoms with Crippen LogP contribution in [0.15, 0.2) is 180 Å². The summed E-state index contributed by atoms with van der Waals surface area (Å²) in [4.78, 5) is 15.7. The Labute approximate surface area is 312 Å². The van der Waals surface area contributed by atoms with Crippen molar-refractivity contribution in [3.05, 3.63) is 182 Å². The summed E-state index contributed by atoms with van der Waals surface area (Å²) >= 11 is 0. The summed E-state index contributed by atoms with van der Waals surface area (Å²) in [6.45, 7) is 2.01. The molecule has 254 valence electrons. The monoisotopic (exact) mass is 691 g/mol. The lowest BCUT2D eigenvalue weighted by atomic mass is 9.99. The van der Waals surface area contributed by atoms with Crippen molar-refractivity contribution >= 4 is 71.1 Å². The van der Waals surface area contributed by atoms with Crippen molar-refractivity contribution in [1.29, 1.82) is 0 Å². The molecular formula is C50H33N3O. The van der Waals surface area contributed by atoms with E-state index in [0.717, 1.165) is 55.0 Å². The van der Waals surface area contributed by atoms with E-state index in [2.05, 4.69) is 140 Å². The highest BCUT2D eigenvalue weighted by Crippen LogP contribution is 2.38. The van der Waals surface area contributed by atoms with Gasteiger partial charge in [0.05, 0.1) is 0 Å². The third kappa shape index (κ3) is 5.53. The van der Waals surface area contributed by atoms with Crippen molar-refractivity contribution in [2.24, 2.45) is 0 Å². The lowest BCUT2D eigenvalue weighted by Crippen LogP contribution is -2.00. The number of benzene rings is 8. The van der Waals surface area contributed by atoms with Crippen molar-refractivity contribution < 1.29 is 4.42 Å². The van der Waals surface area contributed by atoms with Crippen LogP contribution < -0.4 is 0 Å². The van der Waals surface area contributed by atoms with Crippen LogP contribution in [-0.2, 0) is 0 Å². The van der Waals surface area contributed by atoms with Gasteiger partial charge in [0.1, 0.15) is 11.2 Å². The molecule has 0 fully saturated rings. The van der Waals surface area contributed by atoms with Gasteiger partial charge in [-0.05, 0) is 85.9 Å². The average Bonchev–Trinajstić information content (AvgIpc) is 3.61. The summed E-state index contributed by atoms with van der Waals surface area (Å²) in [5.74, 6) is 1.83. The topological polar surface area (TPSA) is 51.8 Å². The summed E-state index contributed by atoms with van der Waals surface area (Å²) in [7, 11) is 0. The van der Waals surface area contributed by atoms with E-state index in [0.29, 0.717) is 17.5 Å². The van der Waals surface area contributed by atoms with Crippen LogP contribution in [0.1, 0.15) is 12.5 Å². The molecular weight excluding hydrogens is 659 g/mol. The van der Waals surface area contributed by atoms with Crippen molar-refractivity contribution in [3.8, 4) is 34.2 Å². The molecule has 54 heavy (non-hydrogen) atoms. The highest BCUT2D eigenvalue weighted by Gasteiger charge is 2.19. The average molecular weight is 692 g/mol. The fourth-order valence-electron chi connectivity index (χ4n) is 7.58. The number of fused-ring (bicyclic) bond motifs is 9. The van der Waals surface area contributed by atoms with Crippen molar-refractivity contribution in [2.45, 2.75) is 6.92 Å². The van der Waals surface area contributed by atoms with E-state index in [1.54, 1.807) is 0 Å². The number of hydrogen-bond acceptors (Lipinski definition) is 4. The molecule has 2 aromatic heterocycles. The second-order valence-electron chi connectivity index (χ2n) is 13.6. The molecule has 0 unspecified atom stereocenters. The van der Waals surface area contributed by atoms with Crippen molar-refractivity contribution in [2.75, 3.05) is 0 Å². The Hall–Kier alpha value is -7.17. The number of furan rings is 1. The van der Waals surface area contributed by atoms with E-state index in [1.165, 1.54) is 32.3 Å². The fraction of sp³-hybridized carbons (Fsp3) is 0.0200. The summed E-state index contributed by atoms with van der Waals surface area (Å²) in [5, 5.41) is 11.5. The Morgan fingerprint density at radius 3 is 1.65 bits per heavy atom. The SMILES string of the molecule is C\C=C/C=C\C=C\c1ccc2c(c1)oc1cccc(-c3nc(-c4ccc5ccc6ccccc6c5c4)nc(-c4ccc5ccc6ccccc6c5c4)n3)c12. The zero-order valence-corrected chi connectivity index (χ0v) is 29.6. The molecule has 4 heteroatoms. The molecule has 0 N–H and O–H groups in total. The zero-order valence-electron chi connectivity index (χ0n) is 29.6. The van der Waals surface area contributed by atoms with Crippen molar-refractivity contribution in [1.82, 2.24) is 15.0 Å². The molecule has 0 bridgehead atoms. The molecule has 10 aromatic rings. The van der Waals surface area contributed by atoms with Gasteiger partial charge < -0.3 is 4.42 Å². The fourth-order valence-corrected chi connectivity index (χ4v) is 7.58. The van der Waals surface area contributed by atoms with Gasteiger partial charge in [-0.15, -0.1) is 0 Å². The quantitative estimate of drug-likeness (QED) is 0.129. The summed E-state index contributed by atoms with van der Waals surface area (Å²) in [5.41, 5.74) is 5.42. The van der Waals surface area contributed by atoms with E-state index < -0.39 is 0 Å². The first-order chi connectivity index (χ1) is 26.7. The molecule has 0 amide bonds. The minimum absolute atomic E-state index is 0.595. The molecule has 0 aliphatic heterocycles. The Kier molecular flexibility index (Phi) is 7.66. The smallest absolute Gasteiger partial charge is 0.164 e. The van der Waals surface area contributed by atoms with Gasteiger partial charge in [0.2, 0.25) is 0 Å². The van der Waals surface area contributed by atoms with Gasteiger partial charge in [-0.2, -0.15) is 0 Å². The molecule has 0 atom stereocenters. The second kappa shape index (κ2) is 13.1. The predicted molar refractivity (Wildman–Crippen MR) is 226 cm³/mol. The first-order valence-electron chi connectivity index (χ1n) is 18.2. The van der Waals surface area contributed by atoms with Crippen LogP contribution in [-0.4, -0.2) is 15.0 Å². The van der Waals surface area contributed by atoms with E-state index in [1.807, 2.05) is 49.4 Å². The van der Waals surface area contributed by atoms with Gasteiger partial charge in [0.15, 0.2) is 17.5 Å². The van der Waals surface area contributed by atoms with E-state index in [-0.39, 0.29) is 0 Å². The van der Waals surface area contributed by atoms with Crippen LogP contribution in [0.2, 0.25) is 0 Å². The number of rotatable bonds is 6. The highest BCUT2D eigenvalue weighted by atomic mass is 16.3. The van der Waals surface area contributed by atoms with Gasteiger partial charge in [0, 0.05) is 27.5 Å². The van der Waals surface area contributed by atoms with Crippen LogP contribution in [0.5, 0.6) is 0 Å². The minimum Gasteiger partial charge on any atom is -0.456 e. The molecule has 8 aromatic carbocycles. The van der Waals surface area contributed by atoms with Gasteiger partial charge in [-0.1, -0.05) is 152 Å². The van der Waals surface area contributed by atoms with Gasteiger partial charge in [0.25, 0.3) is 0 Å². The van der Waals surface area contributed by atoms with E-state index in [9.17, 15) is 0 Å². The third-order valence-electron chi connectivity index (χ3n) is 10.2. The summed E-state index contributed by atoms with van der Waals surface area (Å²) in [6.07, 6.45) is 12.2. The Bertz CT molecular complexity index is 3050. The van der Waals surface area contributed by atoms with Gasteiger partial charge >= 0.3 is 0 Å². The lowest BCUT2D eigenvalue weighted by Gasteiger charge is -2.11. The molecule has 0 saturated carbocycles. The minimum atomic E-state index is 0.595. The summed E-state index contributed by atoms with van der Waals surface area (Å²) < 4.78 is 6.47. The van der Waals surface area contributed by atoms with Crippen LogP contribution in [0.3, 0.4) is 0 Å². The van der Waals surface area contributed by atoms with E-state index >= 15 is 0 Å². The number of hydrogen-bond donors (Lipinski definition) is 0. The second-order valence-corrected chi connectivity index (χ2v) is 13.6. The predicted octanol–water partition coefficient (Wildman–Crippen LogP) is 13.5. The number of allylic oxidation sites excluding steroid dienone is 5. The van der Waals surface area contributed by atoms with Gasteiger partial charge in [-0.3, -0.25) is 0 Å².